The number of esters is 1. The van der Waals surface area contributed by atoms with Gasteiger partial charge in [-0.05, 0) is 101 Å². The van der Waals surface area contributed by atoms with Gasteiger partial charge in [-0.3, -0.25) is 57.6 Å². The number of thiazole rings is 1. The quantitative estimate of drug-likeness (QED) is 0.0167. The maximum atomic E-state index is 15.2. The lowest BCUT2D eigenvalue weighted by Crippen LogP contribution is -2.63. The van der Waals surface area contributed by atoms with Gasteiger partial charge in [0.1, 0.15) is 65.0 Å². The number of unbranched alkanes of at least 4 members (excludes halogenated alkanes) is 1. The maximum absolute atomic E-state index is 15.2. The van der Waals surface area contributed by atoms with E-state index in [1.165, 1.54) is 29.3 Å². The van der Waals surface area contributed by atoms with Crippen molar-refractivity contribution < 1.29 is 168 Å². The number of ether oxygens (including phenoxy) is 16. The Balaban J connectivity index is 1.03. The van der Waals surface area contributed by atoms with Crippen LogP contribution in [0.25, 0.3) is 0 Å². The molecule has 1 unspecified atom stereocenters. The van der Waals surface area contributed by atoms with E-state index in [-0.39, 0.29) is 110 Å². The zero-order chi connectivity index (χ0) is 106. The summed E-state index contributed by atoms with van der Waals surface area (Å²) in [7, 11) is 5.10. The molecule has 3 aliphatic rings. The first kappa shape index (κ1) is 123. The topological polar surface area (TPSA) is 574 Å². The van der Waals surface area contributed by atoms with Crippen molar-refractivity contribution in [1.82, 2.24) is 46.7 Å². The van der Waals surface area contributed by atoms with Crippen molar-refractivity contribution in [2.45, 2.75) is 225 Å². The first-order chi connectivity index (χ1) is 68.8. The van der Waals surface area contributed by atoms with Crippen LogP contribution in [0.2, 0.25) is 0 Å². The van der Waals surface area contributed by atoms with Crippen LogP contribution < -0.4 is 42.0 Å². The van der Waals surface area contributed by atoms with Gasteiger partial charge in [-0.1, -0.05) is 71.4 Å². The van der Waals surface area contributed by atoms with Crippen LogP contribution in [0.1, 0.15) is 166 Å². The number of quaternary nitrogens is 1. The van der Waals surface area contributed by atoms with E-state index in [1.807, 2.05) is 65.1 Å². The molecule has 0 aliphatic carbocycles. The SMILES string of the molecule is CC[C@H](C)[C@H](NC(=O)[C@H]1CCCC[N+]1(C)Cc1ccc(O[C@@H]2O[C@H](C(=O)O)[C@@H](O)[C@H](O)[C@H]2O)c(NC(=O)CCNC(=O)[C@H](CCCCNC(=O)CCOCCOCCOCCOCCOCCOCCOCCOCCOCCOCCOCCOC)NC(=O)[C@H](CNC(=O)OC(C)(C)C)N2C(=O)C=CC2=O)c1)C(=O)N(C)[C@H](C[C@@H](OC(C)=O)c1nc(C(=O)N[C@@H](Cc2ccccc2)C[C@H](C)C(=O)O)cs1)C(C)C. The Morgan fingerprint density at radius 2 is 1.19 bits per heavy atom. The van der Waals surface area contributed by atoms with Crippen LogP contribution in [0.4, 0.5) is 10.5 Å². The minimum absolute atomic E-state index is 0.00264. The summed E-state index contributed by atoms with van der Waals surface area (Å²) in [5.74, 6) is -11.4. The molecule has 2 saturated heterocycles. The molecule has 2 fully saturated rings. The molecule has 15 atom stereocenters. The van der Waals surface area contributed by atoms with E-state index in [4.69, 9.17) is 75.8 Å². The van der Waals surface area contributed by atoms with Crippen molar-refractivity contribution in [1.29, 1.82) is 0 Å². The number of carbonyl (C=O) groups is 13. The first-order valence-electron chi connectivity index (χ1n) is 49.2. The number of amides is 10. The lowest BCUT2D eigenvalue weighted by molar-refractivity contribution is -0.942. The molecule has 1 aromatic heterocycles. The van der Waals surface area contributed by atoms with E-state index < -0.39 is 181 Å². The minimum Gasteiger partial charge on any atom is -0.481 e. The van der Waals surface area contributed by atoms with Crippen LogP contribution in [0.3, 0.4) is 0 Å². The molecule has 6 rings (SSSR count). The highest BCUT2D eigenvalue weighted by Gasteiger charge is 2.50. The monoisotopic (exact) mass is 2060 g/mol. The van der Waals surface area contributed by atoms with Crippen LogP contribution >= 0.6 is 11.3 Å². The lowest BCUT2D eigenvalue weighted by Gasteiger charge is -2.44. The third kappa shape index (κ3) is 45.6. The number of aliphatic carboxylic acids is 2. The van der Waals surface area contributed by atoms with Gasteiger partial charge in [0.25, 0.3) is 23.6 Å². The molecule has 12 N–H and O–H groups in total. The number of nitrogens with one attached hydrogen (secondary N) is 7. The van der Waals surface area contributed by atoms with Crippen molar-refractivity contribution in [2.75, 3.05) is 205 Å². The maximum Gasteiger partial charge on any atom is 0.407 e. The van der Waals surface area contributed by atoms with Crippen molar-refractivity contribution in [2.24, 2.45) is 17.8 Å². The van der Waals surface area contributed by atoms with Gasteiger partial charge in [-0.15, -0.1) is 11.3 Å². The number of likely N-dealkylation sites (N-methyl/N-ethyl adjacent to an activating group) is 2. The van der Waals surface area contributed by atoms with Crippen LogP contribution in [0.15, 0.2) is 66.1 Å². The van der Waals surface area contributed by atoms with Crippen LogP contribution in [0.5, 0.6) is 5.75 Å². The second-order valence-electron chi connectivity index (χ2n) is 36.7. The predicted molar refractivity (Wildman–Crippen MR) is 520 cm³/mol. The van der Waals surface area contributed by atoms with Gasteiger partial charge in [-0.2, -0.15) is 0 Å². The molecule has 0 spiro atoms. The number of aliphatic hydroxyl groups is 3. The third-order valence-corrected chi connectivity index (χ3v) is 24.7. The Morgan fingerprint density at radius 3 is 1.71 bits per heavy atom. The molecule has 144 heavy (non-hydrogen) atoms. The number of carboxylic acids is 2. The first-order valence-corrected chi connectivity index (χ1v) is 50.1. The normalized spacial score (nSPS) is 19.1. The van der Waals surface area contributed by atoms with Gasteiger partial charge in [0.05, 0.1) is 184 Å². The lowest BCUT2D eigenvalue weighted by atomic mass is 9.92. The zero-order valence-corrected chi connectivity index (χ0v) is 85.9. The van der Waals surface area contributed by atoms with Gasteiger partial charge < -0.3 is 148 Å². The number of piperidine rings is 1. The fourth-order valence-electron chi connectivity index (χ4n) is 15.8. The van der Waals surface area contributed by atoms with Gasteiger partial charge in [0, 0.05) is 95.0 Å². The highest BCUT2D eigenvalue weighted by Crippen LogP contribution is 2.36. The second kappa shape index (κ2) is 67.0. The van der Waals surface area contributed by atoms with Gasteiger partial charge in [0.15, 0.2) is 18.2 Å². The van der Waals surface area contributed by atoms with E-state index in [0.29, 0.717) is 181 Å². The Labute approximate surface area is 845 Å². The molecule has 4 heterocycles. The number of likely N-dealkylation sites (tertiary alicyclic amines) is 1. The summed E-state index contributed by atoms with van der Waals surface area (Å²) in [5, 5.41) is 73.4. The Hall–Kier alpha value is -9.96. The molecule has 45 nitrogen and oxygen atoms in total. The number of alkyl carbamates (subject to hydrolysis) is 1. The van der Waals surface area contributed by atoms with Gasteiger partial charge in [0.2, 0.25) is 35.8 Å². The Bertz CT molecular complexity index is 4420. The predicted octanol–water partition coefficient (Wildman–Crippen LogP) is 3.33. The molecule has 10 amide bonds. The minimum atomic E-state index is -2.10. The number of anilines is 1. The van der Waals surface area contributed by atoms with E-state index in [0.717, 1.165) is 29.1 Å². The van der Waals surface area contributed by atoms with Crippen LogP contribution in [0, 0.1) is 17.8 Å². The third-order valence-electron chi connectivity index (χ3n) is 23.7. The van der Waals surface area contributed by atoms with E-state index in [9.17, 15) is 78.3 Å². The van der Waals surface area contributed by atoms with E-state index in [1.54, 1.807) is 47.9 Å². The summed E-state index contributed by atoms with van der Waals surface area (Å²) in [6.07, 6.45) is -8.05. The fourth-order valence-corrected chi connectivity index (χ4v) is 16.6. The standard InChI is InChI=1S/C98H153N11O34S/c1-13-65(4)83(93(122)107(10)74(64(2)3)60-78(140-67(6)110)92-105-73(63-144-92)89(119)102-70(57-66(5)94(123)124)58-68-21-15-14-16-22-68)106-91(121)76-24-18-20-33-109(76,11)62-69-25-26-77(141-96-86(117)84(115)85(116)87(142-96)95(125)126)72(59-69)103-80(112)29-32-100-88(118)71(104-90(120)75(108-81(113)27-28-82(108)114)61-101-97(127)143-98(7,8)9)23-17-19-31-99-79(111)30-34-129-37-38-131-41-42-133-45-46-135-49-50-137-53-54-139-56-55-138-52-51-136-48-47-134-44-43-132-40-39-130-36-35-128-12/h14-16,21-22,25-28,59,63-66,70-71,74-76,78,83-87,96,115-117H,13,17-20,23-24,29-58,60-62H2,1-12H3,(H8-,99,100,101,102,103,104,106,111,112,118,119,120,121,123,124,125,126,127)/p+1/t65-,66-,70+,71-,74+,75-,76+,78+,83-,84-,85-,86+,87-,96+,109?/m0/s1. The molecule has 0 bridgehead atoms. The number of methoxy groups -OCH3 is 1. The number of carbonyl (C=O) groups excluding carboxylic acids is 11. The molecule has 2 aromatic carbocycles. The molecule has 810 valence electrons. The summed E-state index contributed by atoms with van der Waals surface area (Å²) < 4.78 is 88.4. The number of imide groups is 1. The summed E-state index contributed by atoms with van der Waals surface area (Å²) in [5.41, 5.74) is 0.268. The number of hydrogen-bond acceptors (Lipinski definition) is 34. The summed E-state index contributed by atoms with van der Waals surface area (Å²) >= 11 is 1.08. The largest absolute Gasteiger partial charge is 0.481 e. The highest BCUT2D eigenvalue weighted by molar-refractivity contribution is 7.09. The molecule has 3 aromatic rings. The van der Waals surface area contributed by atoms with Crippen LogP contribution in [-0.4, -0.2) is 394 Å². The number of hydrogen-bond donors (Lipinski definition) is 12. The molecule has 0 saturated carbocycles. The molecular weight excluding hydrogens is 1910 g/mol. The molecule has 3 aliphatic heterocycles. The highest BCUT2D eigenvalue weighted by atomic mass is 32.1. The average Bonchev–Trinajstić information content (AvgIpc) is 1.06. The molecule has 46 heteroatoms. The number of nitrogens with zero attached hydrogens (tertiary/aromatic N) is 4. The van der Waals surface area contributed by atoms with Crippen molar-refractivity contribution in [3.63, 3.8) is 0 Å². The molecular formula is C98H154N11O34S+. The van der Waals surface area contributed by atoms with Gasteiger partial charge in [-0.25, -0.2) is 14.6 Å². The number of benzene rings is 2. The number of aromatic nitrogens is 1. The second-order valence-corrected chi connectivity index (χ2v) is 37.6. The number of carboxylic acid groups (broad SMARTS) is 2. The summed E-state index contributed by atoms with van der Waals surface area (Å²) in [4.78, 5) is 184. The van der Waals surface area contributed by atoms with Gasteiger partial charge >= 0.3 is 24.0 Å². The fraction of sp³-hybridized carbons (Fsp3) is 0.694. The van der Waals surface area contributed by atoms with Crippen molar-refractivity contribution in [3.8, 4) is 5.75 Å². The summed E-state index contributed by atoms with van der Waals surface area (Å²) in [6.45, 7) is 23.8. The molecule has 0 radical (unpaired) electrons. The van der Waals surface area contributed by atoms with E-state index >= 15 is 9.59 Å². The van der Waals surface area contributed by atoms with Crippen molar-refractivity contribution >= 4 is 94.2 Å². The Morgan fingerprint density at radius 1 is 0.632 bits per heavy atom. The zero-order valence-electron chi connectivity index (χ0n) is 85.1. The smallest absolute Gasteiger partial charge is 0.407 e. The summed E-state index contributed by atoms with van der Waals surface area (Å²) in [6, 6.07) is 7.49. The van der Waals surface area contributed by atoms with E-state index in [2.05, 4.69) is 42.2 Å². The Kier molecular flexibility index (Phi) is 57.1. The number of rotatable bonds is 74. The van der Waals surface area contributed by atoms with Crippen LogP contribution in [-0.2, 0) is 137 Å². The number of aliphatic hydroxyl groups excluding tert-OH is 3. The average molecular weight is 2060 g/mol. The van der Waals surface area contributed by atoms with Crippen molar-refractivity contribution in [3.05, 3.63) is 87.9 Å².